The van der Waals surface area contributed by atoms with Gasteiger partial charge in [-0.1, -0.05) is 115 Å². The maximum atomic E-state index is 2.42. The summed E-state index contributed by atoms with van der Waals surface area (Å²) in [6.45, 7) is 3.18. The molecule has 0 radical (unpaired) electrons. The minimum Gasteiger partial charge on any atom is -0.341 e. The molecular weight excluding hydrogens is 470 g/mol. The molecule has 1 heteroatoms. The maximum Gasteiger partial charge on any atom is 0.0497 e. The van der Waals surface area contributed by atoms with E-state index in [1.54, 1.807) is 0 Å². The highest BCUT2D eigenvalue weighted by molar-refractivity contribution is 6.25. The van der Waals surface area contributed by atoms with Gasteiger partial charge in [-0.15, -0.1) is 0 Å². The number of benzene rings is 7. The third kappa shape index (κ3) is 3.26. The quantitative estimate of drug-likeness (QED) is 0.214. The third-order valence-electron chi connectivity index (χ3n) is 8.39. The molecule has 0 spiro atoms. The summed E-state index contributed by atoms with van der Waals surface area (Å²) in [6.07, 6.45) is 0. The van der Waals surface area contributed by atoms with Gasteiger partial charge in [0.25, 0.3) is 0 Å². The number of aromatic nitrogens is 1. The van der Waals surface area contributed by atoms with Gasteiger partial charge in [0.15, 0.2) is 0 Å². The lowest BCUT2D eigenvalue weighted by Crippen LogP contribution is -1.92. The molecule has 8 rings (SSSR count). The number of nitrogens with zero attached hydrogens (tertiary/aromatic N) is 1. The Kier molecular flexibility index (Phi) is 4.87. The van der Waals surface area contributed by atoms with Crippen LogP contribution in [0.3, 0.4) is 0 Å². The predicted molar refractivity (Wildman–Crippen MR) is 169 cm³/mol. The fourth-order valence-electron chi connectivity index (χ4n) is 6.61. The van der Waals surface area contributed by atoms with Crippen LogP contribution in [0.1, 0.15) is 6.92 Å². The highest BCUT2D eigenvalue weighted by Crippen LogP contribution is 2.39. The highest BCUT2D eigenvalue weighted by Gasteiger charge is 2.14. The highest BCUT2D eigenvalue weighted by atomic mass is 15.0. The molecule has 0 atom stereocenters. The van der Waals surface area contributed by atoms with Gasteiger partial charge in [-0.25, -0.2) is 0 Å². The summed E-state index contributed by atoms with van der Waals surface area (Å²) in [4.78, 5) is 0. The van der Waals surface area contributed by atoms with Crippen molar-refractivity contribution >= 4 is 54.1 Å². The first-order valence-electron chi connectivity index (χ1n) is 13.8. The van der Waals surface area contributed by atoms with E-state index >= 15 is 0 Å². The van der Waals surface area contributed by atoms with E-state index in [1.165, 1.54) is 76.4 Å². The first-order valence-corrected chi connectivity index (χ1v) is 13.8. The van der Waals surface area contributed by atoms with Crippen molar-refractivity contribution in [1.29, 1.82) is 0 Å². The van der Waals surface area contributed by atoms with Gasteiger partial charge in [-0.05, 0) is 79.7 Å². The summed E-state index contributed by atoms with van der Waals surface area (Å²) >= 11 is 0. The second-order valence-electron chi connectivity index (χ2n) is 10.4. The van der Waals surface area contributed by atoms with E-state index in [0.717, 1.165) is 6.54 Å². The van der Waals surface area contributed by atoms with E-state index in [2.05, 4.69) is 145 Å². The molecule has 0 unspecified atom stereocenters. The van der Waals surface area contributed by atoms with Gasteiger partial charge < -0.3 is 4.57 Å². The standard InChI is InChI=1S/C38H27N/c1-2-39-36-16-8-7-14-34(36)38-28(15-9-17-37(38)39)26-20-18-25(19-21-26)27-22-23-33-31-12-4-3-10-29(31)30-11-5-6-13-32(30)35(33)24-27/h3-24H,2H2,1H3. The molecule has 1 heterocycles. The van der Waals surface area contributed by atoms with Crippen molar-refractivity contribution in [1.82, 2.24) is 4.57 Å². The van der Waals surface area contributed by atoms with Crippen molar-refractivity contribution in [2.24, 2.45) is 0 Å². The van der Waals surface area contributed by atoms with Gasteiger partial charge in [-0.3, -0.25) is 0 Å². The zero-order chi connectivity index (χ0) is 25.9. The van der Waals surface area contributed by atoms with Crippen molar-refractivity contribution in [3.63, 3.8) is 0 Å². The Morgan fingerprint density at radius 1 is 0.410 bits per heavy atom. The topological polar surface area (TPSA) is 4.93 Å². The molecule has 8 aromatic rings. The number of hydrogen-bond donors (Lipinski definition) is 0. The second kappa shape index (κ2) is 8.58. The van der Waals surface area contributed by atoms with Crippen LogP contribution in [0, 0.1) is 0 Å². The Labute approximate surface area is 227 Å². The number of rotatable bonds is 3. The van der Waals surface area contributed by atoms with Crippen LogP contribution in [0.4, 0.5) is 0 Å². The van der Waals surface area contributed by atoms with E-state index < -0.39 is 0 Å². The molecule has 0 amide bonds. The molecule has 1 aromatic heterocycles. The Balaban J connectivity index is 1.29. The predicted octanol–water partition coefficient (Wildman–Crippen LogP) is 10.6. The average molecular weight is 498 g/mol. The normalized spacial score (nSPS) is 11.8. The van der Waals surface area contributed by atoms with Crippen LogP contribution in [0.25, 0.3) is 76.4 Å². The van der Waals surface area contributed by atoms with Crippen LogP contribution in [0.15, 0.2) is 133 Å². The molecule has 39 heavy (non-hydrogen) atoms. The molecule has 0 N–H and O–H groups in total. The van der Waals surface area contributed by atoms with Crippen molar-refractivity contribution in [2.45, 2.75) is 13.5 Å². The molecular formula is C38H27N. The van der Waals surface area contributed by atoms with Gasteiger partial charge in [0.2, 0.25) is 0 Å². The van der Waals surface area contributed by atoms with Crippen molar-refractivity contribution in [2.75, 3.05) is 0 Å². The molecule has 0 bridgehead atoms. The minimum atomic E-state index is 0.957. The van der Waals surface area contributed by atoms with Gasteiger partial charge in [0.05, 0.1) is 0 Å². The minimum absolute atomic E-state index is 0.957. The van der Waals surface area contributed by atoms with Gasteiger partial charge in [0, 0.05) is 28.4 Å². The lowest BCUT2D eigenvalue weighted by Gasteiger charge is -2.12. The molecule has 0 aliphatic carbocycles. The maximum absolute atomic E-state index is 2.42. The van der Waals surface area contributed by atoms with Crippen LogP contribution in [0.5, 0.6) is 0 Å². The van der Waals surface area contributed by atoms with Gasteiger partial charge >= 0.3 is 0 Å². The Morgan fingerprint density at radius 2 is 0.923 bits per heavy atom. The molecule has 0 saturated heterocycles. The third-order valence-corrected chi connectivity index (χ3v) is 8.39. The number of fused-ring (bicyclic) bond motifs is 9. The molecule has 1 nitrogen and oxygen atoms in total. The monoisotopic (exact) mass is 497 g/mol. The van der Waals surface area contributed by atoms with Crippen LogP contribution < -0.4 is 0 Å². The van der Waals surface area contributed by atoms with Crippen LogP contribution in [0.2, 0.25) is 0 Å². The smallest absolute Gasteiger partial charge is 0.0497 e. The lowest BCUT2D eigenvalue weighted by molar-refractivity contribution is 0.827. The zero-order valence-corrected chi connectivity index (χ0v) is 21.9. The summed E-state index contributed by atoms with van der Waals surface area (Å²) < 4.78 is 2.42. The molecule has 184 valence electrons. The van der Waals surface area contributed by atoms with E-state index in [-0.39, 0.29) is 0 Å². The van der Waals surface area contributed by atoms with Crippen LogP contribution in [-0.2, 0) is 6.54 Å². The first kappa shape index (κ1) is 22.1. The summed E-state index contributed by atoms with van der Waals surface area (Å²) in [5.74, 6) is 0. The fourth-order valence-corrected chi connectivity index (χ4v) is 6.61. The van der Waals surface area contributed by atoms with E-state index in [0.29, 0.717) is 0 Å². The lowest BCUT2D eigenvalue weighted by atomic mass is 9.91. The van der Waals surface area contributed by atoms with E-state index in [1.807, 2.05) is 0 Å². The molecule has 0 aliphatic rings. The van der Waals surface area contributed by atoms with E-state index in [4.69, 9.17) is 0 Å². The molecule has 0 fully saturated rings. The van der Waals surface area contributed by atoms with Crippen molar-refractivity contribution in [3.05, 3.63) is 133 Å². The Morgan fingerprint density at radius 3 is 1.59 bits per heavy atom. The number of aryl methyl sites for hydroxylation is 1. The van der Waals surface area contributed by atoms with Gasteiger partial charge in [0.1, 0.15) is 0 Å². The molecule has 7 aromatic carbocycles. The summed E-state index contributed by atoms with van der Waals surface area (Å²) in [5, 5.41) is 10.5. The van der Waals surface area contributed by atoms with Crippen molar-refractivity contribution < 1.29 is 0 Å². The molecule has 0 saturated carbocycles. The Hall–Kier alpha value is -4.88. The largest absolute Gasteiger partial charge is 0.341 e. The average Bonchev–Trinajstić information content (AvgIpc) is 3.35. The summed E-state index contributed by atoms with van der Waals surface area (Å²) in [7, 11) is 0. The summed E-state index contributed by atoms with van der Waals surface area (Å²) in [5.41, 5.74) is 7.62. The molecule has 0 aliphatic heterocycles. The SMILES string of the molecule is CCn1c2ccccc2c2c(-c3ccc(-c4ccc5c6ccccc6c6ccccc6c5c4)cc3)cccc21. The van der Waals surface area contributed by atoms with Crippen LogP contribution in [-0.4, -0.2) is 4.57 Å². The summed E-state index contributed by atoms with van der Waals surface area (Å²) in [6, 6.07) is 49.1. The first-order chi connectivity index (χ1) is 19.3. The second-order valence-corrected chi connectivity index (χ2v) is 10.4. The van der Waals surface area contributed by atoms with Gasteiger partial charge in [-0.2, -0.15) is 0 Å². The fraction of sp³-hybridized carbons (Fsp3) is 0.0526. The number of hydrogen-bond acceptors (Lipinski definition) is 0. The zero-order valence-electron chi connectivity index (χ0n) is 21.9. The van der Waals surface area contributed by atoms with E-state index in [9.17, 15) is 0 Å². The van der Waals surface area contributed by atoms with Crippen LogP contribution >= 0.6 is 0 Å². The van der Waals surface area contributed by atoms with Crippen molar-refractivity contribution in [3.8, 4) is 22.3 Å². The number of para-hydroxylation sites is 1. The Bertz CT molecular complexity index is 2160.